The van der Waals surface area contributed by atoms with Crippen LogP contribution in [0.5, 0.6) is 5.75 Å². The van der Waals surface area contributed by atoms with Gasteiger partial charge in [0, 0.05) is 31.2 Å². The number of hydrogen-bond donors (Lipinski definition) is 1. The van der Waals surface area contributed by atoms with E-state index >= 15 is 0 Å². The van der Waals surface area contributed by atoms with Crippen molar-refractivity contribution in [2.45, 2.75) is 12.6 Å². The normalized spacial score (nSPS) is 25.7. The van der Waals surface area contributed by atoms with Gasteiger partial charge in [-0.2, -0.15) is 13.2 Å². The fraction of sp³-hybridized carbons (Fsp3) is 0.529. The summed E-state index contributed by atoms with van der Waals surface area (Å²) in [6, 6.07) is 5.33. The van der Waals surface area contributed by atoms with E-state index in [2.05, 4.69) is 4.74 Å². The Kier molecular flexibility index (Phi) is 4.83. The van der Waals surface area contributed by atoms with Gasteiger partial charge in [0.25, 0.3) is 5.91 Å². The number of likely N-dealkylation sites (tertiary alicyclic amines) is 1. The number of amides is 1. The Hall–Kier alpha value is -2.29. The van der Waals surface area contributed by atoms with Crippen LogP contribution in [0.25, 0.3) is 0 Å². The van der Waals surface area contributed by atoms with Crippen molar-refractivity contribution >= 4 is 11.9 Å². The van der Waals surface area contributed by atoms with Crippen molar-refractivity contribution in [1.29, 1.82) is 0 Å². The average molecular weight is 373 g/mol. The highest BCUT2D eigenvalue weighted by Gasteiger charge is 2.54. The molecule has 3 rings (SSSR count). The van der Waals surface area contributed by atoms with Gasteiger partial charge >= 0.3 is 12.1 Å². The second-order valence-corrected chi connectivity index (χ2v) is 6.60. The first-order valence-electron chi connectivity index (χ1n) is 8.11. The van der Waals surface area contributed by atoms with Crippen molar-refractivity contribution in [2.24, 2.45) is 11.3 Å². The summed E-state index contributed by atoms with van der Waals surface area (Å²) in [4.78, 5) is 25.9. The van der Waals surface area contributed by atoms with Gasteiger partial charge in [0.1, 0.15) is 5.75 Å². The van der Waals surface area contributed by atoms with Crippen LogP contribution in [0.15, 0.2) is 24.3 Å². The van der Waals surface area contributed by atoms with Gasteiger partial charge in [-0.25, -0.2) is 0 Å². The van der Waals surface area contributed by atoms with Gasteiger partial charge in [0.15, 0.2) is 6.61 Å². The van der Waals surface area contributed by atoms with Gasteiger partial charge in [-0.3, -0.25) is 9.59 Å². The number of halogens is 3. The standard InChI is InChI=1S/C17H18F3NO5/c18-17(19,20)10-26-13-3-1-11(2-4-13)14(22)21-7-12-8-25-6-5-16(12,9-21)15(23)24/h1-4,12H,5-10H2,(H,23,24)/t12-,16+/m0/s1. The fourth-order valence-corrected chi connectivity index (χ4v) is 3.50. The van der Waals surface area contributed by atoms with Crippen molar-refractivity contribution in [1.82, 2.24) is 4.90 Å². The first-order valence-corrected chi connectivity index (χ1v) is 8.11. The molecule has 0 aliphatic carbocycles. The molecular weight excluding hydrogens is 355 g/mol. The zero-order valence-electron chi connectivity index (χ0n) is 13.8. The summed E-state index contributed by atoms with van der Waals surface area (Å²) in [5.41, 5.74) is -0.728. The van der Waals surface area contributed by atoms with Crippen LogP contribution in [0.4, 0.5) is 13.2 Å². The third kappa shape index (κ3) is 3.62. The number of carboxylic acid groups (broad SMARTS) is 1. The highest BCUT2D eigenvalue weighted by atomic mass is 19.4. The van der Waals surface area contributed by atoms with Crippen LogP contribution in [0, 0.1) is 11.3 Å². The molecule has 0 saturated carbocycles. The summed E-state index contributed by atoms with van der Waals surface area (Å²) in [7, 11) is 0. The molecule has 0 unspecified atom stereocenters. The molecule has 2 aliphatic heterocycles. The van der Waals surface area contributed by atoms with E-state index in [4.69, 9.17) is 4.74 Å². The van der Waals surface area contributed by atoms with E-state index in [0.717, 1.165) is 0 Å². The topological polar surface area (TPSA) is 76.1 Å². The van der Waals surface area contributed by atoms with E-state index in [9.17, 15) is 27.9 Å². The van der Waals surface area contributed by atoms with Crippen LogP contribution in [-0.2, 0) is 9.53 Å². The second kappa shape index (κ2) is 6.79. The van der Waals surface area contributed by atoms with Crippen molar-refractivity contribution in [3.05, 3.63) is 29.8 Å². The molecule has 2 aliphatic rings. The Labute approximate surface area is 147 Å². The molecule has 1 amide bonds. The van der Waals surface area contributed by atoms with Crippen molar-refractivity contribution in [3.8, 4) is 5.75 Å². The van der Waals surface area contributed by atoms with Gasteiger partial charge in [-0.1, -0.05) is 0 Å². The van der Waals surface area contributed by atoms with Crippen LogP contribution in [0.2, 0.25) is 0 Å². The maximum atomic E-state index is 12.7. The Morgan fingerprint density at radius 3 is 2.58 bits per heavy atom. The third-order valence-electron chi connectivity index (χ3n) is 4.92. The third-order valence-corrected chi connectivity index (χ3v) is 4.92. The van der Waals surface area contributed by atoms with Crippen LogP contribution in [0.1, 0.15) is 16.8 Å². The quantitative estimate of drug-likeness (QED) is 0.876. The number of nitrogens with zero attached hydrogens (tertiary/aromatic N) is 1. The zero-order valence-corrected chi connectivity index (χ0v) is 13.8. The lowest BCUT2D eigenvalue weighted by molar-refractivity contribution is -0.157. The van der Waals surface area contributed by atoms with E-state index in [0.29, 0.717) is 19.6 Å². The van der Waals surface area contributed by atoms with Crippen LogP contribution >= 0.6 is 0 Å². The minimum absolute atomic E-state index is 0.00405. The Balaban J connectivity index is 1.69. The van der Waals surface area contributed by atoms with Crippen molar-refractivity contribution < 1.29 is 37.3 Å². The summed E-state index contributed by atoms with van der Waals surface area (Å²) in [5.74, 6) is -1.56. The molecule has 2 atom stereocenters. The lowest BCUT2D eigenvalue weighted by Gasteiger charge is -2.33. The number of carbonyl (C=O) groups excluding carboxylic acids is 1. The maximum absolute atomic E-state index is 12.7. The van der Waals surface area contributed by atoms with Gasteiger partial charge in [-0.05, 0) is 30.7 Å². The molecular formula is C17H18F3NO5. The van der Waals surface area contributed by atoms with Crippen LogP contribution < -0.4 is 4.74 Å². The number of aliphatic carboxylic acids is 1. The molecule has 142 valence electrons. The molecule has 9 heteroatoms. The van der Waals surface area contributed by atoms with E-state index in [-0.39, 0.29) is 36.2 Å². The summed E-state index contributed by atoms with van der Waals surface area (Å²) in [6.45, 7) is -0.398. The molecule has 26 heavy (non-hydrogen) atoms. The summed E-state index contributed by atoms with van der Waals surface area (Å²) in [6.07, 6.45) is -4.09. The molecule has 1 N–H and O–H groups in total. The van der Waals surface area contributed by atoms with E-state index in [1.54, 1.807) is 0 Å². The minimum atomic E-state index is -4.44. The largest absolute Gasteiger partial charge is 0.484 e. The summed E-state index contributed by atoms with van der Waals surface area (Å²) < 4.78 is 46.4. The molecule has 0 spiro atoms. The van der Waals surface area contributed by atoms with Crippen LogP contribution in [-0.4, -0.2) is 61.0 Å². The molecule has 2 heterocycles. The molecule has 0 radical (unpaired) electrons. The van der Waals surface area contributed by atoms with E-state index in [1.807, 2.05) is 0 Å². The number of benzene rings is 1. The van der Waals surface area contributed by atoms with Crippen molar-refractivity contribution in [2.75, 3.05) is 32.9 Å². The van der Waals surface area contributed by atoms with Gasteiger partial charge in [-0.15, -0.1) is 0 Å². The molecule has 6 nitrogen and oxygen atoms in total. The first kappa shape index (κ1) is 18.5. The first-order chi connectivity index (χ1) is 12.2. The lowest BCUT2D eigenvalue weighted by atomic mass is 9.74. The monoisotopic (exact) mass is 373 g/mol. The smallest absolute Gasteiger partial charge is 0.422 e. The predicted octanol–water partition coefficient (Wildman–Crippen LogP) is 2.19. The van der Waals surface area contributed by atoms with E-state index < -0.39 is 24.2 Å². The van der Waals surface area contributed by atoms with Gasteiger partial charge in [0.05, 0.1) is 12.0 Å². The molecule has 1 aromatic rings. The predicted molar refractivity (Wildman–Crippen MR) is 82.9 cm³/mol. The highest BCUT2D eigenvalue weighted by molar-refractivity contribution is 5.95. The molecule has 2 fully saturated rings. The molecule has 0 aromatic heterocycles. The highest BCUT2D eigenvalue weighted by Crippen LogP contribution is 2.42. The molecule has 0 bridgehead atoms. The minimum Gasteiger partial charge on any atom is -0.484 e. The number of carboxylic acids is 1. The number of alkyl halides is 3. The van der Waals surface area contributed by atoms with Crippen molar-refractivity contribution in [3.63, 3.8) is 0 Å². The SMILES string of the molecule is O=C(c1ccc(OCC(F)(F)F)cc1)N1C[C@H]2COCC[C@@]2(C(=O)O)C1. The second-order valence-electron chi connectivity index (χ2n) is 6.60. The van der Waals surface area contributed by atoms with Crippen LogP contribution in [0.3, 0.4) is 0 Å². The fourth-order valence-electron chi connectivity index (χ4n) is 3.50. The number of fused-ring (bicyclic) bond motifs is 1. The molecule has 2 saturated heterocycles. The Morgan fingerprint density at radius 2 is 2.00 bits per heavy atom. The number of carbonyl (C=O) groups is 2. The number of rotatable bonds is 4. The Morgan fingerprint density at radius 1 is 1.31 bits per heavy atom. The molecule has 1 aromatic carbocycles. The zero-order chi connectivity index (χ0) is 18.9. The Bertz CT molecular complexity index is 691. The van der Waals surface area contributed by atoms with Gasteiger partial charge < -0.3 is 19.5 Å². The number of hydrogen-bond acceptors (Lipinski definition) is 4. The lowest BCUT2D eigenvalue weighted by Crippen LogP contribution is -2.45. The summed E-state index contributed by atoms with van der Waals surface area (Å²) >= 11 is 0. The van der Waals surface area contributed by atoms with E-state index in [1.165, 1.54) is 29.2 Å². The number of ether oxygens (including phenoxy) is 2. The maximum Gasteiger partial charge on any atom is 0.422 e. The summed E-state index contributed by atoms with van der Waals surface area (Å²) in [5, 5.41) is 9.63. The van der Waals surface area contributed by atoms with Gasteiger partial charge in [0.2, 0.25) is 0 Å². The average Bonchev–Trinajstić information content (AvgIpc) is 3.00.